The standard InChI is InChI=1S/C28H22N4O3/c33-27(30-21-10-12-23(13-11-21)35-22-6-2-1-3-7-22)19-32-28(34)25-9-5-4-8-24(25)26(31-32)18-20-14-16-29-17-15-20/h1-17H,18-19H2,(H,30,33). The Kier molecular flexibility index (Phi) is 6.30. The maximum absolute atomic E-state index is 13.0. The first kappa shape index (κ1) is 22.0. The average Bonchev–Trinajstić information content (AvgIpc) is 2.89. The second-order valence-electron chi connectivity index (χ2n) is 7.97. The van der Waals surface area contributed by atoms with Crippen LogP contribution in [0.4, 0.5) is 5.69 Å². The van der Waals surface area contributed by atoms with Crippen LogP contribution in [-0.2, 0) is 17.8 Å². The zero-order chi connectivity index (χ0) is 24.0. The van der Waals surface area contributed by atoms with Crippen LogP contribution < -0.4 is 15.6 Å². The van der Waals surface area contributed by atoms with Gasteiger partial charge in [-0.3, -0.25) is 14.6 Å². The van der Waals surface area contributed by atoms with E-state index in [0.29, 0.717) is 23.2 Å². The number of benzene rings is 3. The van der Waals surface area contributed by atoms with E-state index >= 15 is 0 Å². The summed E-state index contributed by atoms with van der Waals surface area (Å²) >= 11 is 0. The normalized spacial score (nSPS) is 10.7. The molecule has 2 aromatic heterocycles. The van der Waals surface area contributed by atoms with Gasteiger partial charge < -0.3 is 10.1 Å². The molecule has 35 heavy (non-hydrogen) atoms. The lowest BCUT2D eigenvalue weighted by molar-refractivity contribution is -0.117. The highest BCUT2D eigenvalue weighted by Gasteiger charge is 2.14. The number of nitrogens with one attached hydrogen (secondary N) is 1. The quantitative estimate of drug-likeness (QED) is 0.375. The molecule has 1 amide bonds. The van der Waals surface area contributed by atoms with E-state index in [1.165, 1.54) is 4.68 Å². The van der Waals surface area contributed by atoms with Crippen molar-refractivity contribution in [2.24, 2.45) is 0 Å². The molecule has 3 aromatic carbocycles. The molecule has 172 valence electrons. The molecule has 0 unspecified atom stereocenters. The minimum atomic E-state index is -0.346. The number of aromatic nitrogens is 3. The van der Waals surface area contributed by atoms with Gasteiger partial charge in [-0.05, 0) is 60.2 Å². The third-order valence-electron chi connectivity index (χ3n) is 5.48. The number of fused-ring (bicyclic) bond motifs is 1. The predicted molar refractivity (Wildman–Crippen MR) is 135 cm³/mol. The summed E-state index contributed by atoms with van der Waals surface area (Å²) in [4.78, 5) is 29.8. The molecule has 0 aliphatic heterocycles. The van der Waals surface area contributed by atoms with Gasteiger partial charge in [-0.2, -0.15) is 5.10 Å². The highest BCUT2D eigenvalue weighted by Crippen LogP contribution is 2.22. The second kappa shape index (κ2) is 10.0. The van der Waals surface area contributed by atoms with Gasteiger partial charge >= 0.3 is 0 Å². The van der Waals surface area contributed by atoms with E-state index < -0.39 is 0 Å². The van der Waals surface area contributed by atoms with Crippen molar-refractivity contribution >= 4 is 22.4 Å². The van der Waals surface area contributed by atoms with Crippen molar-refractivity contribution in [1.82, 2.24) is 14.8 Å². The van der Waals surface area contributed by atoms with E-state index in [9.17, 15) is 9.59 Å². The molecule has 0 atom stereocenters. The molecule has 0 spiro atoms. The second-order valence-corrected chi connectivity index (χ2v) is 7.97. The van der Waals surface area contributed by atoms with Crippen molar-refractivity contribution in [2.45, 2.75) is 13.0 Å². The summed E-state index contributed by atoms with van der Waals surface area (Å²) in [6.45, 7) is -0.199. The van der Waals surface area contributed by atoms with Crippen LogP contribution in [0.1, 0.15) is 11.3 Å². The Labute approximate surface area is 201 Å². The fourth-order valence-corrected chi connectivity index (χ4v) is 3.80. The third-order valence-corrected chi connectivity index (χ3v) is 5.48. The summed E-state index contributed by atoms with van der Waals surface area (Å²) in [5.41, 5.74) is 2.04. The molecule has 2 heterocycles. The number of ether oxygens (including phenoxy) is 1. The van der Waals surface area contributed by atoms with Gasteiger partial charge in [0.25, 0.3) is 5.56 Å². The van der Waals surface area contributed by atoms with Crippen molar-refractivity contribution in [3.8, 4) is 11.5 Å². The molecule has 0 fully saturated rings. The fraction of sp³-hybridized carbons (Fsp3) is 0.0714. The van der Waals surface area contributed by atoms with Gasteiger partial charge in [-0.25, -0.2) is 4.68 Å². The molecule has 7 heteroatoms. The summed E-state index contributed by atoms with van der Waals surface area (Å²) < 4.78 is 7.00. The first-order valence-corrected chi connectivity index (χ1v) is 11.2. The van der Waals surface area contributed by atoms with E-state index in [4.69, 9.17) is 4.74 Å². The monoisotopic (exact) mass is 462 g/mol. The summed E-state index contributed by atoms with van der Waals surface area (Å²) in [6, 6.07) is 27.6. The van der Waals surface area contributed by atoms with Gasteiger partial charge in [0.1, 0.15) is 18.0 Å². The molecule has 5 rings (SSSR count). The molecular formula is C28H22N4O3. The molecule has 1 N–H and O–H groups in total. The summed E-state index contributed by atoms with van der Waals surface area (Å²) in [7, 11) is 0. The van der Waals surface area contributed by atoms with Crippen LogP contribution in [0.3, 0.4) is 0 Å². The van der Waals surface area contributed by atoms with Crippen molar-refractivity contribution in [3.05, 3.63) is 125 Å². The van der Waals surface area contributed by atoms with E-state index in [1.807, 2.05) is 60.7 Å². The Balaban J connectivity index is 1.34. The molecule has 0 aliphatic rings. The van der Waals surface area contributed by atoms with Gasteiger partial charge in [-0.1, -0.05) is 36.4 Å². The highest BCUT2D eigenvalue weighted by molar-refractivity contribution is 5.91. The van der Waals surface area contributed by atoms with Gasteiger partial charge in [0.2, 0.25) is 5.91 Å². The van der Waals surface area contributed by atoms with Crippen LogP contribution in [0, 0.1) is 0 Å². The average molecular weight is 463 g/mol. The van der Waals surface area contributed by atoms with Crippen LogP contribution in [0.15, 0.2) is 108 Å². The Morgan fingerprint density at radius 3 is 2.20 bits per heavy atom. The lowest BCUT2D eigenvalue weighted by Crippen LogP contribution is -2.30. The van der Waals surface area contributed by atoms with E-state index in [0.717, 1.165) is 22.4 Å². The number of carbonyl (C=O) groups is 1. The zero-order valence-corrected chi connectivity index (χ0v) is 18.8. The minimum absolute atomic E-state index is 0.199. The van der Waals surface area contributed by atoms with Crippen molar-refractivity contribution in [2.75, 3.05) is 5.32 Å². The Morgan fingerprint density at radius 1 is 0.800 bits per heavy atom. The Hall–Kier alpha value is -4.78. The van der Waals surface area contributed by atoms with Crippen LogP contribution >= 0.6 is 0 Å². The molecule has 5 aromatic rings. The number of rotatable bonds is 7. The zero-order valence-electron chi connectivity index (χ0n) is 18.8. The lowest BCUT2D eigenvalue weighted by Gasteiger charge is -2.12. The van der Waals surface area contributed by atoms with Crippen LogP contribution in [0.5, 0.6) is 11.5 Å². The van der Waals surface area contributed by atoms with Crippen molar-refractivity contribution < 1.29 is 9.53 Å². The van der Waals surface area contributed by atoms with Crippen molar-refractivity contribution in [1.29, 1.82) is 0 Å². The first-order chi connectivity index (χ1) is 17.2. The number of hydrogen-bond acceptors (Lipinski definition) is 5. The number of amides is 1. The summed E-state index contributed by atoms with van der Waals surface area (Å²) in [5, 5.41) is 8.67. The van der Waals surface area contributed by atoms with Gasteiger partial charge in [0.05, 0.1) is 11.1 Å². The number of hydrogen-bond donors (Lipinski definition) is 1. The number of nitrogens with zero attached hydrogens (tertiary/aromatic N) is 3. The molecule has 0 saturated carbocycles. The van der Waals surface area contributed by atoms with E-state index in [2.05, 4.69) is 15.4 Å². The molecule has 0 radical (unpaired) electrons. The topological polar surface area (TPSA) is 86.1 Å². The largest absolute Gasteiger partial charge is 0.457 e. The molecule has 7 nitrogen and oxygen atoms in total. The third kappa shape index (κ3) is 5.25. The molecule has 0 aliphatic carbocycles. The van der Waals surface area contributed by atoms with Gasteiger partial charge in [0.15, 0.2) is 0 Å². The van der Waals surface area contributed by atoms with Gasteiger partial charge in [-0.15, -0.1) is 0 Å². The van der Waals surface area contributed by atoms with Crippen LogP contribution in [0.2, 0.25) is 0 Å². The van der Waals surface area contributed by atoms with E-state index in [1.54, 1.807) is 42.7 Å². The fourth-order valence-electron chi connectivity index (χ4n) is 3.80. The smallest absolute Gasteiger partial charge is 0.275 e. The lowest BCUT2D eigenvalue weighted by atomic mass is 10.1. The SMILES string of the molecule is O=C(Cn1nc(Cc2ccncc2)c2ccccc2c1=O)Nc1ccc(Oc2ccccc2)cc1. The summed E-state index contributed by atoms with van der Waals surface area (Å²) in [5.74, 6) is 1.04. The van der Waals surface area contributed by atoms with Crippen molar-refractivity contribution in [3.63, 3.8) is 0 Å². The van der Waals surface area contributed by atoms with Crippen LogP contribution in [0.25, 0.3) is 10.8 Å². The highest BCUT2D eigenvalue weighted by atomic mass is 16.5. The maximum atomic E-state index is 13.0. The minimum Gasteiger partial charge on any atom is -0.457 e. The summed E-state index contributed by atoms with van der Waals surface area (Å²) in [6.07, 6.45) is 3.96. The number of para-hydroxylation sites is 1. The molecular weight excluding hydrogens is 440 g/mol. The molecule has 0 saturated heterocycles. The predicted octanol–water partition coefficient (Wildman–Crippen LogP) is 4.81. The van der Waals surface area contributed by atoms with Crippen LogP contribution in [-0.4, -0.2) is 20.7 Å². The number of carbonyl (C=O) groups excluding carboxylic acids is 1. The Bertz CT molecular complexity index is 1520. The van der Waals surface area contributed by atoms with E-state index in [-0.39, 0.29) is 18.0 Å². The first-order valence-electron chi connectivity index (χ1n) is 11.2. The number of anilines is 1. The number of pyridine rings is 1. The Morgan fingerprint density at radius 2 is 1.46 bits per heavy atom. The van der Waals surface area contributed by atoms with Gasteiger partial charge in [0, 0.05) is 29.9 Å². The maximum Gasteiger partial charge on any atom is 0.275 e. The molecule has 0 bridgehead atoms.